The van der Waals surface area contributed by atoms with Gasteiger partial charge in [-0.25, -0.2) is 9.97 Å². The third kappa shape index (κ3) is 6.49. The zero-order valence-corrected chi connectivity index (χ0v) is 25.1. The minimum Gasteiger partial charge on any atom is -0.402 e. The van der Waals surface area contributed by atoms with Crippen molar-refractivity contribution in [2.75, 3.05) is 63.1 Å². The Morgan fingerprint density at radius 2 is 1.78 bits per heavy atom. The Morgan fingerprint density at radius 1 is 1.10 bits per heavy atom. The van der Waals surface area contributed by atoms with Crippen molar-refractivity contribution < 1.29 is 4.79 Å². The summed E-state index contributed by atoms with van der Waals surface area (Å²) in [7, 11) is 1.81. The van der Waals surface area contributed by atoms with Crippen LogP contribution in [0.3, 0.4) is 0 Å². The van der Waals surface area contributed by atoms with Crippen molar-refractivity contribution in [2.24, 2.45) is 10.7 Å². The van der Waals surface area contributed by atoms with E-state index < -0.39 is 0 Å². The number of nitrogens with one attached hydrogen (secondary N) is 2. The number of rotatable bonds is 7. The number of H-pyrrole nitrogens is 1. The summed E-state index contributed by atoms with van der Waals surface area (Å²) in [5.74, 6) is 0.893. The van der Waals surface area contributed by atoms with Crippen molar-refractivity contribution in [1.29, 1.82) is 0 Å². The molecular weight excluding hydrogens is 538 g/mol. The van der Waals surface area contributed by atoms with Gasteiger partial charge in [0.1, 0.15) is 11.3 Å². The van der Waals surface area contributed by atoms with Crippen LogP contribution in [-0.2, 0) is 4.79 Å². The number of nitrogens with two attached hydrogens (primary N) is 1. The summed E-state index contributed by atoms with van der Waals surface area (Å²) in [5, 5.41) is 4.26. The van der Waals surface area contributed by atoms with Crippen molar-refractivity contribution in [2.45, 2.75) is 39.7 Å². The highest BCUT2D eigenvalue weighted by atomic mass is 35.5. The molecule has 3 aromatic rings. The molecule has 2 aromatic heterocycles. The molecule has 2 aliphatic heterocycles. The second-order valence-corrected chi connectivity index (χ2v) is 11.4. The summed E-state index contributed by atoms with van der Waals surface area (Å²) in [6.45, 7) is 11.5. The van der Waals surface area contributed by atoms with Gasteiger partial charge in [-0.1, -0.05) is 11.6 Å². The standard InChI is InChI=1S/C30H40ClN9O/c1-19(32)25(20(2)33-4)18-38-11-9-23(10-12-38)35-27-26(31)17-34-30-28(27)36-29(37-30)22-5-7-24(8-6-22)40-15-13-39(14-16-40)21(3)41/h5-8,17,23H,9-16,18,32H2,1-4H3,(H2,34,35,36,37). The fourth-order valence-electron chi connectivity index (χ4n) is 5.64. The molecule has 218 valence electrons. The number of carbonyl (C=O) groups is 1. The molecule has 0 bridgehead atoms. The smallest absolute Gasteiger partial charge is 0.219 e. The van der Waals surface area contributed by atoms with Crippen LogP contribution in [0.4, 0.5) is 11.4 Å². The van der Waals surface area contributed by atoms with E-state index in [2.05, 4.69) is 54.3 Å². The lowest BCUT2D eigenvalue weighted by Crippen LogP contribution is -2.48. The molecule has 2 aliphatic rings. The predicted octanol–water partition coefficient (Wildman–Crippen LogP) is 4.15. The average molecular weight is 578 g/mol. The van der Waals surface area contributed by atoms with Gasteiger partial charge >= 0.3 is 0 Å². The van der Waals surface area contributed by atoms with Crippen molar-refractivity contribution in [3.63, 3.8) is 0 Å². The van der Waals surface area contributed by atoms with Crippen molar-refractivity contribution in [3.8, 4) is 11.4 Å². The molecule has 1 amide bonds. The number of nitrogens with zero attached hydrogens (tertiary/aromatic N) is 6. The van der Waals surface area contributed by atoms with Gasteiger partial charge in [0.2, 0.25) is 5.91 Å². The molecule has 0 saturated carbocycles. The molecule has 2 fully saturated rings. The topological polar surface area (TPSA) is 119 Å². The maximum absolute atomic E-state index is 11.6. The number of fused-ring (bicyclic) bond motifs is 1. The second kappa shape index (κ2) is 12.5. The Bertz CT molecular complexity index is 1440. The molecule has 0 spiro atoms. The number of aromatic amines is 1. The first kappa shape index (κ1) is 28.9. The lowest BCUT2D eigenvalue weighted by Gasteiger charge is -2.35. The lowest BCUT2D eigenvalue weighted by molar-refractivity contribution is -0.129. The summed E-state index contributed by atoms with van der Waals surface area (Å²) in [4.78, 5) is 35.4. The molecule has 4 heterocycles. The predicted molar refractivity (Wildman–Crippen MR) is 168 cm³/mol. The maximum atomic E-state index is 11.6. The van der Waals surface area contributed by atoms with Gasteiger partial charge in [-0.05, 0) is 51.0 Å². The summed E-state index contributed by atoms with van der Waals surface area (Å²) >= 11 is 6.65. The number of piperazine rings is 1. The number of hydrogen-bond donors (Lipinski definition) is 3. The summed E-state index contributed by atoms with van der Waals surface area (Å²) < 4.78 is 0. The normalized spacial score (nSPS) is 18.1. The van der Waals surface area contributed by atoms with Crippen LogP contribution in [0.1, 0.15) is 33.6 Å². The van der Waals surface area contributed by atoms with E-state index in [1.54, 1.807) is 13.1 Å². The molecule has 10 nitrogen and oxygen atoms in total. The monoisotopic (exact) mass is 577 g/mol. The molecule has 5 rings (SSSR count). The molecule has 0 aliphatic carbocycles. The minimum atomic E-state index is 0.138. The van der Waals surface area contributed by atoms with Gasteiger partial charge in [-0.3, -0.25) is 14.7 Å². The number of aliphatic imine (C=N–C) groups is 1. The molecule has 0 radical (unpaired) electrons. The van der Waals surface area contributed by atoms with E-state index in [-0.39, 0.29) is 11.9 Å². The van der Waals surface area contributed by atoms with E-state index in [1.807, 2.05) is 25.8 Å². The Labute approximate surface area is 246 Å². The van der Waals surface area contributed by atoms with Gasteiger partial charge in [0.25, 0.3) is 0 Å². The Morgan fingerprint density at radius 3 is 2.39 bits per heavy atom. The number of pyridine rings is 1. The van der Waals surface area contributed by atoms with Crippen LogP contribution in [0.5, 0.6) is 0 Å². The molecule has 41 heavy (non-hydrogen) atoms. The molecule has 1 aromatic carbocycles. The molecule has 0 atom stereocenters. The largest absolute Gasteiger partial charge is 0.402 e. The highest BCUT2D eigenvalue weighted by Crippen LogP contribution is 2.33. The quantitative estimate of drug-likeness (QED) is 0.361. The van der Waals surface area contributed by atoms with Gasteiger partial charge < -0.3 is 25.8 Å². The highest BCUT2D eigenvalue weighted by Gasteiger charge is 2.24. The zero-order valence-electron chi connectivity index (χ0n) is 24.4. The van der Waals surface area contributed by atoms with Crippen LogP contribution in [0, 0.1) is 0 Å². The number of piperidine rings is 1. The summed E-state index contributed by atoms with van der Waals surface area (Å²) in [5.41, 5.74) is 13.5. The molecule has 0 unspecified atom stereocenters. The Hall–Kier alpha value is -3.63. The van der Waals surface area contributed by atoms with Gasteiger partial charge in [0, 0.05) is 94.1 Å². The lowest BCUT2D eigenvalue weighted by atomic mass is 10.0. The third-order valence-corrected chi connectivity index (χ3v) is 8.56. The zero-order chi connectivity index (χ0) is 29.1. The molecular formula is C30H40ClN9O. The van der Waals surface area contributed by atoms with Gasteiger partial charge in [0.15, 0.2) is 5.65 Å². The van der Waals surface area contributed by atoms with Crippen LogP contribution in [0.25, 0.3) is 22.6 Å². The van der Waals surface area contributed by atoms with Crippen LogP contribution >= 0.6 is 11.6 Å². The van der Waals surface area contributed by atoms with Crippen LogP contribution in [-0.4, -0.2) is 95.3 Å². The van der Waals surface area contributed by atoms with E-state index in [0.29, 0.717) is 10.7 Å². The molecule has 4 N–H and O–H groups in total. The average Bonchev–Trinajstić information content (AvgIpc) is 3.42. The third-order valence-electron chi connectivity index (χ3n) is 8.27. The van der Waals surface area contributed by atoms with E-state index in [0.717, 1.165) is 104 Å². The Kier molecular flexibility index (Phi) is 8.79. The number of imidazole rings is 1. The van der Waals surface area contributed by atoms with Crippen molar-refractivity contribution >= 4 is 45.8 Å². The number of carbonyl (C=O) groups excluding carboxylic acids is 1. The van der Waals surface area contributed by atoms with Gasteiger partial charge in [0.05, 0.1) is 16.9 Å². The van der Waals surface area contributed by atoms with E-state index >= 15 is 0 Å². The maximum Gasteiger partial charge on any atom is 0.219 e. The number of allylic oxidation sites excluding steroid dienone is 1. The summed E-state index contributed by atoms with van der Waals surface area (Å²) in [6.07, 6.45) is 3.65. The number of amides is 1. The number of hydrogen-bond acceptors (Lipinski definition) is 8. The first-order valence-electron chi connectivity index (χ1n) is 14.3. The first-order chi connectivity index (χ1) is 19.7. The Balaban J connectivity index is 1.25. The first-order valence-corrected chi connectivity index (χ1v) is 14.6. The van der Waals surface area contributed by atoms with E-state index in [4.69, 9.17) is 22.3 Å². The van der Waals surface area contributed by atoms with Gasteiger partial charge in [-0.15, -0.1) is 0 Å². The number of aromatic nitrogens is 3. The number of benzene rings is 1. The fourth-order valence-corrected chi connectivity index (χ4v) is 5.84. The van der Waals surface area contributed by atoms with Crippen LogP contribution in [0.15, 0.2) is 46.7 Å². The number of likely N-dealkylation sites (tertiary alicyclic amines) is 1. The number of anilines is 2. The van der Waals surface area contributed by atoms with Gasteiger partial charge in [-0.2, -0.15) is 0 Å². The highest BCUT2D eigenvalue weighted by molar-refractivity contribution is 6.34. The molecule has 11 heteroatoms. The van der Waals surface area contributed by atoms with E-state index in [9.17, 15) is 4.79 Å². The second-order valence-electron chi connectivity index (χ2n) is 11.0. The minimum absolute atomic E-state index is 0.138. The van der Waals surface area contributed by atoms with Crippen molar-refractivity contribution in [1.82, 2.24) is 24.8 Å². The van der Waals surface area contributed by atoms with Crippen molar-refractivity contribution in [3.05, 3.63) is 46.8 Å². The fraction of sp³-hybridized carbons (Fsp3) is 0.467. The molecule has 2 saturated heterocycles. The SMILES string of the molecule is CN=C(C)C(CN1CCC(Nc2c(Cl)cnc3nc(-c4ccc(N5CCN(C(C)=O)CC5)cc4)[nH]c23)CC1)=C(C)N. The van der Waals surface area contributed by atoms with Crippen LogP contribution < -0.4 is 16.0 Å². The number of halogens is 1. The van der Waals surface area contributed by atoms with E-state index in [1.165, 1.54) is 0 Å². The van der Waals surface area contributed by atoms with Crippen LogP contribution in [0.2, 0.25) is 5.02 Å². The summed E-state index contributed by atoms with van der Waals surface area (Å²) in [6, 6.07) is 8.66.